The first kappa shape index (κ1) is 23.2. The fraction of sp³-hybridized carbons (Fsp3) is 0.444. The lowest BCUT2D eigenvalue weighted by Gasteiger charge is -2.30. The first-order valence-corrected chi connectivity index (χ1v) is 12.1. The zero-order valence-corrected chi connectivity index (χ0v) is 20.1. The molecule has 3 heterocycles. The highest BCUT2D eigenvalue weighted by Crippen LogP contribution is 2.29. The van der Waals surface area contributed by atoms with Gasteiger partial charge >= 0.3 is 0 Å². The van der Waals surface area contributed by atoms with Crippen molar-refractivity contribution in [1.29, 1.82) is 0 Å². The summed E-state index contributed by atoms with van der Waals surface area (Å²) in [7, 11) is 2.18. The fourth-order valence-electron chi connectivity index (χ4n) is 4.54. The van der Waals surface area contributed by atoms with Crippen molar-refractivity contribution in [3.63, 3.8) is 0 Å². The van der Waals surface area contributed by atoms with Crippen LogP contribution in [0.1, 0.15) is 38.7 Å². The average molecular weight is 446 g/mol. The van der Waals surface area contributed by atoms with E-state index < -0.39 is 0 Å². The van der Waals surface area contributed by atoms with Crippen LogP contribution in [-0.2, 0) is 11.2 Å². The number of fused-ring (bicyclic) bond motifs is 1. The van der Waals surface area contributed by atoms with Gasteiger partial charge in [0.15, 0.2) is 0 Å². The molecule has 0 unspecified atom stereocenters. The number of nitrogens with zero attached hydrogens (tertiary/aromatic N) is 4. The van der Waals surface area contributed by atoms with Crippen molar-refractivity contribution in [2.24, 2.45) is 0 Å². The molecule has 0 radical (unpaired) electrons. The van der Waals surface area contributed by atoms with Gasteiger partial charge in [-0.05, 0) is 70.9 Å². The maximum atomic E-state index is 12.3. The predicted molar refractivity (Wildman–Crippen MR) is 135 cm³/mol. The van der Waals surface area contributed by atoms with Crippen LogP contribution < -0.4 is 5.32 Å². The van der Waals surface area contributed by atoms with Gasteiger partial charge in [0.1, 0.15) is 0 Å². The maximum Gasteiger partial charge on any atom is 0.222 e. The van der Waals surface area contributed by atoms with E-state index in [9.17, 15) is 4.79 Å². The third kappa shape index (κ3) is 5.69. The summed E-state index contributed by atoms with van der Waals surface area (Å²) >= 11 is 0. The van der Waals surface area contributed by atoms with E-state index in [1.54, 1.807) is 6.20 Å². The summed E-state index contributed by atoms with van der Waals surface area (Å²) in [5.74, 6) is 0.221. The number of anilines is 1. The van der Waals surface area contributed by atoms with Crippen molar-refractivity contribution < 1.29 is 4.79 Å². The van der Waals surface area contributed by atoms with E-state index in [-0.39, 0.29) is 5.91 Å². The number of carbonyl (C=O) groups excluding carboxylic acids is 1. The van der Waals surface area contributed by atoms with Gasteiger partial charge in [-0.2, -0.15) is 0 Å². The molecule has 6 nitrogen and oxygen atoms in total. The third-order valence-electron chi connectivity index (χ3n) is 6.68. The van der Waals surface area contributed by atoms with Crippen LogP contribution in [0.2, 0.25) is 0 Å². The molecule has 1 amide bonds. The van der Waals surface area contributed by atoms with Gasteiger partial charge in [0.05, 0.1) is 11.2 Å². The van der Waals surface area contributed by atoms with Crippen LogP contribution in [0.25, 0.3) is 22.2 Å². The molecule has 1 aromatic carbocycles. The first-order valence-electron chi connectivity index (χ1n) is 12.1. The minimum atomic E-state index is 0.221. The van der Waals surface area contributed by atoms with Crippen LogP contribution in [0, 0.1) is 0 Å². The number of amides is 1. The van der Waals surface area contributed by atoms with E-state index in [1.165, 1.54) is 5.56 Å². The summed E-state index contributed by atoms with van der Waals surface area (Å²) in [6.07, 6.45) is 7.28. The minimum Gasteiger partial charge on any atom is -0.382 e. The number of carbonyl (C=O) groups is 1. The van der Waals surface area contributed by atoms with Gasteiger partial charge < -0.3 is 15.1 Å². The first-order chi connectivity index (χ1) is 16.1. The summed E-state index contributed by atoms with van der Waals surface area (Å²) in [6, 6.07) is 13.1. The van der Waals surface area contributed by atoms with Gasteiger partial charge in [-0.25, -0.2) is 4.98 Å². The average Bonchev–Trinajstić information content (AvgIpc) is 2.85. The molecule has 1 N–H and O–H groups in total. The number of aryl methyl sites for hydroxylation is 1. The van der Waals surface area contributed by atoms with E-state index in [1.807, 2.05) is 31.0 Å². The van der Waals surface area contributed by atoms with Crippen LogP contribution in [-0.4, -0.2) is 64.9 Å². The lowest BCUT2D eigenvalue weighted by atomic mass is 10.0. The molecule has 0 spiro atoms. The Kier molecular flexibility index (Phi) is 7.55. The van der Waals surface area contributed by atoms with Crippen molar-refractivity contribution >= 4 is 22.5 Å². The quantitative estimate of drug-likeness (QED) is 0.549. The van der Waals surface area contributed by atoms with Crippen molar-refractivity contribution in [3.8, 4) is 11.3 Å². The van der Waals surface area contributed by atoms with Crippen LogP contribution in [0.5, 0.6) is 0 Å². The number of pyridine rings is 2. The monoisotopic (exact) mass is 445 g/mol. The number of hydrogen-bond donors (Lipinski definition) is 1. The SMILES string of the molecule is CCN(CC)C(=O)CCc1ccc(-c2cc(NC3CCN(C)CC3)c3cnccc3n2)cc1. The van der Waals surface area contributed by atoms with Crippen molar-refractivity contribution in [1.82, 2.24) is 19.8 Å². The Labute approximate surface area is 197 Å². The number of rotatable bonds is 8. The number of aromatic nitrogens is 2. The van der Waals surface area contributed by atoms with Gasteiger partial charge in [-0.15, -0.1) is 0 Å². The summed E-state index contributed by atoms with van der Waals surface area (Å²) in [5, 5.41) is 4.83. The predicted octanol–water partition coefficient (Wildman–Crippen LogP) is 4.60. The number of nitrogens with one attached hydrogen (secondary N) is 1. The Bertz CT molecular complexity index is 1070. The van der Waals surface area contributed by atoms with Crippen LogP contribution in [0.4, 0.5) is 5.69 Å². The number of piperidine rings is 1. The summed E-state index contributed by atoms with van der Waals surface area (Å²) in [6.45, 7) is 7.82. The summed E-state index contributed by atoms with van der Waals surface area (Å²) < 4.78 is 0. The van der Waals surface area contributed by atoms with Crippen LogP contribution in [0.15, 0.2) is 48.8 Å². The molecule has 1 saturated heterocycles. The Balaban J connectivity index is 1.52. The summed E-state index contributed by atoms with van der Waals surface area (Å²) in [5.41, 5.74) is 5.26. The number of hydrogen-bond acceptors (Lipinski definition) is 5. The molecule has 0 aliphatic carbocycles. The topological polar surface area (TPSA) is 61.4 Å². The van der Waals surface area contributed by atoms with Gasteiger partial charge in [0.2, 0.25) is 5.91 Å². The largest absolute Gasteiger partial charge is 0.382 e. The van der Waals surface area contributed by atoms with Crippen molar-refractivity contribution in [3.05, 3.63) is 54.4 Å². The molecule has 6 heteroatoms. The lowest BCUT2D eigenvalue weighted by Crippen LogP contribution is -2.36. The number of benzene rings is 1. The van der Waals surface area contributed by atoms with Crippen molar-refractivity contribution in [2.45, 2.75) is 45.6 Å². The Morgan fingerprint density at radius 1 is 1.12 bits per heavy atom. The van der Waals surface area contributed by atoms with Gasteiger partial charge in [-0.1, -0.05) is 24.3 Å². The van der Waals surface area contributed by atoms with Crippen molar-refractivity contribution in [2.75, 3.05) is 38.5 Å². The standard InChI is InChI=1S/C27H35N5O/c1-4-32(5-2)27(33)11-8-20-6-9-21(10-7-20)25-18-26(23-19-28-15-12-24(23)30-25)29-22-13-16-31(3)17-14-22/h6-7,9-10,12,15,18-19,22H,4-5,8,11,13-14,16-17H2,1-3H3,(H,29,30). The molecule has 1 aliphatic rings. The highest BCUT2D eigenvalue weighted by atomic mass is 16.2. The van der Waals surface area contributed by atoms with Crippen LogP contribution >= 0.6 is 0 Å². The third-order valence-corrected chi connectivity index (χ3v) is 6.68. The highest BCUT2D eigenvalue weighted by Gasteiger charge is 2.18. The molecule has 1 aliphatic heterocycles. The van der Waals surface area contributed by atoms with Crippen LogP contribution in [0.3, 0.4) is 0 Å². The van der Waals surface area contributed by atoms with Gasteiger partial charge in [0, 0.05) is 54.6 Å². The Morgan fingerprint density at radius 3 is 2.55 bits per heavy atom. The van der Waals surface area contributed by atoms with Gasteiger partial charge in [-0.3, -0.25) is 9.78 Å². The van der Waals surface area contributed by atoms with Gasteiger partial charge in [0.25, 0.3) is 0 Å². The van der Waals surface area contributed by atoms with E-state index in [2.05, 4.69) is 52.6 Å². The Morgan fingerprint density at radius 2 is 1.85 bits per heavy atom. The number of likely N-dealkylation sites (tertiary alicyclic amines) is 1. The smallest absolute Gasteiger partial charge is 0.222 e. The molecular formula is C27H35N5O. The molecular weight excluding hydrogens is 410 g/mol. The van der Waals surface area contributed by atoms with E-state index in [0.29, 0.717) is 12.5 Å². The molecule has 174 valence electrons. The second-order valence-corrected chi connectivity index (χ2v) is 8.93. The lowest BCUT2D eigenvalue weighted by molar-refractivity contribution is -0.130. The Hall–Kier alpha value is -2.99. The van der Waals surface area contributed by atoms with E-state index in [4.69, 9.17) is 4.98 Å². The zero-order chi connectivity index (χ0) is 23.2. The molecule has 2 aromatic heterocycles. The molecule has 33 heavy (non-hydrogen) atoms. The molecule has 0 bridgehead atoms. The molecule has 0 atom stereocenters. The fourth-order valence-corrected chi connectivity index (χ4v) is 4.54. The molecule has 1 fully saturated rings. The summed E-state index contributed by atoms with van der Waals surface area (Å²) in [4.78, 5) is 25.8. The normalized spacial score (nSPS) is 15.0. The van der Waals surface area contributed by atoms with E-state index in [0.717, 1.165) is 73.3 Å². The second-order valence-electron chi connectivity index (χ2n) is 8.93. The maximum absolute atomic E-state index is 12.3. The zero-order valence-electron chi connectivity index (χ0n) is 20.1. The minimum absolute atomic E-state index is 0.221. The molecule has 4 rings (SSSR count). The highest BCUT2D eigenvalue weighted by molar-refractivity contribution is 5.93. The molecule has 0 saturated carbocycles. The second kappa shape index (κ2) is 10.8. The molecule has 3 aromatic rings. The van der Waals surface area contributed by atoms with E-state index >= 15 is 0 Å².